The number of aromatic nitrogens is 4. The minimum absolute atomic E-state index is 0.688. The van der Waals surface area contributed by atoms with Crippen molar-refractivity contribution in [2.75, 3.05) is 11.9 Å². The van der Waals surface area contributed by atoms with E-state index in [4.69, 9.17) is 0 Å². The van der Waals surface area contributed by atoms with Crippen molar-refractivity contribution < 1.29 is 0 Å². The summed E-state index contributed by atoms with van der Waals surface area (Å²) in [6.45, 7) is 5.36. The number of fused-ring (bicyclic) bond motifs is 1. The van der Waals surface area contributed by atoms with Crippen molar-refractivity contribution in [1.82, 2.24) is 19.9 Å². The smallest absolute Gasteiger partial charge is 0.182 e. The molecule has 0 spiro atoms. The molecule has 2 heterocycles. The van der Waals surface area contributed by atoms with E-state index in [-0.39, 0.29) is 0 Å². The van der Waals surface area contributed by atoms with Gasteiger partial charge in [0.05, 0.1) is 6.33 Å². The zero-order chi connectivity index (χ0) is 11.4. The average Bonchev–Trinajstić information content (AvgIpc) is 2.79. The van der Waals surface area contributed by atoms with Gasteiger partial charge in [-0.15, -0.1) is 0 Å². The number of hydrogen-bond donors (Lipinski definition) is 2. The molecule has 0 unspecified atom stereocenters. The molecule has 0 bridgehead atoms. The molecule has 0 aromatic carbocycles. The second-order valence-electron chi connectivity index (χ2n) is 3.89. The Labute approximate surface area is 94.7 Å². The molecule has 2 N–H and O–H groups in total. The van der Waals surface area contributed by atoms with Crippen LogP contribution in [0.2, 0.25) is 0 Å². The van der Waals surface area contributed by atoms with E-state index in [0.717, 1.165) is 17.9 Å². The summed E-state index contributed by atoms with van der Waals surface area (Å²) in [5.74, 6) is 1.53. The molecule has 0 aliphatic rings. The summed E-state index contributed by atoms with van der Waals surface area (Å²) in [5, 5.41) is 3.35. The molecule has 86 valence electrons. The Bertz CT molecular complexity index is 446. The number of hydrogen-bond acceptors (Lipinski definition) is 4. The Morgan fingerprint density at radius 2 is 2.06 bits per heavy atom. The second-order valence-corrected chi connectivity index (χ2v) is 3.89. The first kappa shape index (κ1) is 10.9. The van der Waals surface area contributed by atoms with E-state index in [1.807, 2.05) is 0 Å². The van der Waals surface area contributed by atoms with Crippen LogP contribution in [0.15, 0.2) is 12.7 Å². The molecule has 2 aromatic heterocycles. The third-order valence-corrected chi connectivity index (χ3v) is 2.94. The van der Waals surface area contributed by atoms with Gasteiger partial charge >= 0.3 is 0 Å². The van der Waals surface area contributed by atoms with Crippen molar-refractivity contribution in [1.29, 1.82) is 0 Å². The van der Waals surface area contributed by atoms with Crippen molar-refractivity contribution in [2.24, 2.45) is 5.92 Å². The molecule has 0 aliphatic heterocycles. The average molecular weight is 219 g/mol. The van der Waals surface area contributed by atoms with Gasteiger partial charge in [-0.2, -0.15) is 0 Å². The fraction of sp³-hybridized carbons (Fsp3) is 0.545. The van der Waals surface area contributed by atoms with Crippen LogP contribution in [-0.4, -0.2) is 26.5 Å². The van der Waals surface area contributed by atoms with E-state index in [9.17, 15) is 0 Å². The fourth-order valence-electron chi connectivity index (χ4n) is 1.72. The van der Waals surface area contributed by atoms with Crippen molar-refractivity contribution in [3.63, 3.8) is 0 Å². The first-order chi connectivity index (χ1) is 7.85. The number of rotatable bonds is 5. The Kier molecular flexibility index (Phi) is 3.34. The summed E-state index contributed by atoms with van der Waals surface area (Å²) in [6.07, 6.45) is 5.54. The van der Waals surface area contributed by atoms with E-state index in [1.165, 1.54) is 12.8 Å². The van der Waals surface area contributed by atoms with E-state index in [0.29, 0.717) is 11.6 Å². The molecule has 2 rings (SSSR count). The monoisotopic (exact) mass is 219 g/mol. The highest BCUT2D eigenvalue weighted by Gasteiger charge is 2.07. The summed E-state index contributed by atoms with van der Waals surface area (Å²) in [6, 6.07) is 0. The van der Waals surface area contributed by atoms with Crippen LogP contribution in [0.1, 0.15) is 26.7 Å². The Hall–Kier alpha value is -1.65. The number of aromatic amines is 1. The fourth-order valence-corrected chi connectivity index (χ4v) is 1.72. The SMILES string of the molecule is CCC(CC)CNc1ncnc2nc[nH]c12. The molecule has 5 heteroatoms. The van der Waals surface area contributed by atoms with Crippen LogP contribution in [0.4, 0.5) is 5.82 Å². The lowest BCUT2D eigenvalue weighted by Gasteiger charge is -2.13. The normalized spacial score (nSPS) is 11.2. The highest BCUT2D eigenvalue weighted by atomic mass is 15.1. The van der Waals surface area contributed by atoms with Gasteiger partial charge in [-0.25, -0.2) is 15.0 Å². The van der Waals surface area contributed by atoms with E-state index < -0.39 is 0 Å². The van der Waals surface area contributed by atoms with Gasteiger partial charge in [0, 0.05) is 6.54 Å². The maximum Gasteiger partial charge on any atom is 0.182 e. The van der Waals surface area contributed by atoms with Crippen LogP contribution in [0.5, 0.6) is 0 Å². The highest BCUT2D eigenvalue weighted by Crippen LogP contribution is 2.16. The third-order valence-electron chi connectivity index (χ3n) is 2.94. The standard InChI is InChI=1S/C11H17N5/c1-3-8(4-2)5-12-10-9-11(14-6-13-9)16-7-15-10/h6-8H,3-5H2,1-2H3,(H2,12,13,14,15,16). The zero-order valence-corrected chi connectivity index (χ0v) is 9.70. The molecule has 0 saturated heterocycles. The molecule has 2 aromatic rings. The minimum Gasteiger partial charge on any atom is -0.368 e. The molecule has 0 radical (unpaired) electrons. The Balaban J connectivity index is 2.11. The van der Waals surface area contributed by atoms with Gasteiger partial charge in [-0.3, -0.25) is 0 Å². The van der Waals surface area contributed by atoms with Crippen LogP contribution < -0.4 is 5.32 Å². The molecule has 0 saturated carbocycles. The van der Waals surface area contributed by atoms with Gasteiger partial charge in [-0.1, -0.05) is 26.7 Å². The lowest BCUT2D eigenvalue weighted by Crippen LogP contribution is -2.13. The zero-order valence-electron chi connectivity index (χ0n) is 9.70. The van der Waals surface area contributed by atoms with Crippen LogP contribution in [0.25, 0.3) is 11.2 Å². The largest absolute Gasteiger partial charge is 0.368 e. The molecule has 0 amide bonds. The van der Waals surface area contributed by atoms with Crippen LogP contribution in [-0.2, 0) is 0 Å². The minimum atomic E-state index is 0.688. The maximum atomic E-state index is 4.23. The van der Waals surface area contributed by atoms with Gasteiger partial charge in [0.25, 0.3) is 0 Å². The highest BCUT2D eigenvalue weighted by molar-refractivity contribution is 5.81. The van der Waals surface area contributed by atoms with E-state index >= 15 is 0 Å². The molecular formula is C11H17N5. The Morgan fingerprint density at radius 3 is 2.81 bits per heavy atom. The van der Waals surface area contributed by atoms with Gasteiger partial charge < -0.3 is 10.3 Å². The number of imidazole rings is 1. The molecule has 5 nitrogen and oxygen atoms in total. The number of H-pyrrole nitrogens is 1. The number of nitrogens with zero attached hydrogens (tertiary/aromatic N) is 3. The van der Waals surface area contributed by atoms with Crippen molar-refractivity contribution >= 4 is 17.0 Å². The maximum absolute atomic E-state index is 4.23. The van der Waals surface area contributed by atoms with Gasteiger partial charge in [-0.05, 0) is 5.92 Å². The van der Waals surface area contributed by atoms with Crippen LogP contribution in [0, 0.1) is 5.92 Å². The summed E-state index contributed by atoms with van der Waals surface area (Å²) in [5.41, 5.74) is 1.59. The first-order valence-corrected chi connectivity index (χ1v) is 5.73. The van der Waals surface area contributed by atoms with Crippen molar-refractivity contribution in [3.8, 4) is 0 Å². The molecular weight excluding hydrogens is 202 g/mol. The van der Waals surface area contributed by atoms with Gasteiger partial charge in [0.1, 0.15) is 11.8 Å². The molecule has 0 fully saturated rings. The van der Waals surface area contributed by atoms with Crippen LogP contribution in [0.3, 0.4) is 0 Å². The topological polar surface area (TPSA) is 66.5 Å². The summed E-state index contributed by atoms with van der Waals surface area (Å²) in [7, 11) is 0. The molecule has 0 atom stereocenters. The van der Waals surface area contributed by atoms with Crippen molar-refractivity contribution in [3.05, 3.63) is 12.7 Å². The number of nitrogens with one attached hydrogen (secondary N) is 2. The third kappa shape index (κ3) is 2.13. The van der Waals surface area contributed by atoms with Crippen LogP contribution >= 0.6 is 0 Å². The molecule has 16 heavy (non-hydrogen) atoms. The predicted octanol–water partition coefficient (Wildman–Crippen LogP) is 2.20. The van der Waals surface area contributed by atoms with Gasteiger partial charge in [0.15, 0.2) is 11.5 Å². The van der Waals surface area contributed by atoms with E-state index in [2.05, 4.69) is 39.1 Å². The quantitative estimate of drug-likeness (QED) is 0.809. The number of anilines is 1. The lowest BCUT2D eigenvalue weighted by atomic mass is 10.0. The van der Waals surface area contributed by atoms with E-state index in [1.54, 1.807) is 12.7 Å². The predicted molar refractivity (Wildman–Crippen MR) is 64.2 cm³/mol. The summed E-state index contributed by atoms with van der Waals surface area (Å²) in [4.78, 5) is 15.5. The first-order valence-electron chi connectivity index (χ1n) is 5.73. The summed E-state index contributed by atoms with van der Waals surface area (Å²) < 4.78 is 0. The van der Waals surface area contributed by atoms with Crippen molar-refractivity contribution in [2.45, 2.75) is 26.7 Å². The lowest BCUT2D eigenvalue weighted by molar-refractivity contribution is 0.518. The van der Waals surface area contributed by atoms with Gasteiger partial charge in [0.2, 0.25) is 0 Å². The summed E-state index contributed by atoms with van der Waals surface area (Å²) >= 11 is 0. The second kappa shape index (κ2) is 4.92. The molecule has 0 aliphatic carbocycles. The Morgan fingerprint density at radius 1 is 1.25 bits per heavy atom.